The van der Waals surface area contributed by atoms with Crippen LogP contribution >= 0.6 is 0 Å². The molecule has 3 aliphatic rings. The fourth-order valence-corrected chi connectivity index (χ4v) is 3.98. The summed E-state index contributed by atoms with van der Waals surface area (Å²) in [6.45, 7) is 0.931. The lowest BCUT2D eigenvalue weighted by Crippen LogP contribution is -2.23. The molecular formula is C19H21NO. The molecule has 1 N–H and O–H groups in total. The van der Waals surface area contributed by atoms with Crippen LogP contribution in [-0.4, -0.2) is 19.7 Å². The molecule has 1 fully saturated rings. The van der Waals surface area contributed by atoms with Gasteiger partial charge in [-0.2, -0.15) is 0 Å². The van der Waals surface area contributed by atoms with Crippen LogP contribution in [0.25, 0.3) is 6.08 Å². The minimum absolute atomic E-state index is 0.217. The first-order valence-corrected chi connectivity index (χ1v) is 7.82. The van der Waals surface area contributed by atoms with Crippen LogP contribution in [-0.2, 0) is 4.74 Å². The molecule has 0 radical (unpaired) electrons. The van der Waals surface area contributed by atoms with E-state index in [1.165, 1.54) is 16.7 Å². The van der Waals surface area contributed by atoms with Crippen molar-refractivity contribution in [3.63, 3.8) is 0 Å². The summed E-state index contributed by atoms with van der Waals surface area (Å²) in [5, 5.41) is 3.26. The second kappa shape index (κ2) is 5.28. The first kappa shape index (κ1) is 13.1. The average Bonchev–Trinajstić information content (AvgIpc) is 2.87. The third-order valence-corrected chi connectivity index (χ3v) is 4.88. The van der Waals surface area contributed by atoms with Gasteiger partial charge in [0.1, 0.15) is 0 Å². The molecule has 4 atom stereocenters. The van der Waals surface area contributed by atoms with E-state index >= 15 is 0 Å². The van der Waals surface area contributed by atoms with Gasteiger partial charge in [0.15, 0.2) is 0 Å². The highest BCUT2D eigenvalue weighted by Crippen LogP contribution is 2.49. The molecule has 2 aliphatic carbocycles. The molecule has 0 spiro atoms. The number of nitrogens with one attached hydrogen (secondary N) is 1. The van der Waals surface area contributed by atoms with Crippen molar-refractivity contribution in [1.29, 1.82) is 0 Å². The number of hydrogen-bond acceptors (Lipinski definition) is 2. The van der Waals surface area contributed by atoms with E-state index in [4.69, 9.17) is 4.74 Å². The van der Waals surface area contributed by atoms with Crippen molar-refractivity contribution in [3.8, 4) is 0 Å². The van der Waals surface area contributed by atoms with Crippen molar-refractivity contribution in [2.45, 2.75) is 18.6 Å². The SMILES string of the molecule is CNCC1CC2C3C=CC=CC3=Cc3ccccc3C2O1. The van der Waals surface area contributed by atoms with Crippen molar-refractivity contribution in [1.82, 2.24) is 5.32 Å². The monoisotopic (exact) mass is 279 g/mol. The normalized spacial score (nSPS) is 32.9. The van der Waals surface area contributed by atoms with Crippen LogP contribution in [0.1, 0.15) is 23.7 Å². The maximum Gasteiger partial charge on any atom is 0.0873 e. The number of fused-ring (bicyclic) bond motifs is 5. The van der Waals surface area contributed by atoms with Crippen LogP contribution in [0, 0.1) is 11.8 Å². The Kier molecular flexibility index (Phi) is 3.28. The predicted octanol–water partition coefficient (Wildman–Crippen LogP) is 3.49. The molecule has 4 unspecified atom stereocenters. The zero-order valence-electron chi connectivity index (χ0n) is 12.3. The molecule has 0 saturated carbocycles. The zero-order chi connectivity index (χ0) is 14.2. The molecule has 21 heavy (non-hydrogen) atoms. The van der Waals surface area contributed by atoms with Crippen molar-refractivity contribution in [2.24, 2.45) is 11.8 Å². The van der Waals surface area contributed by atoms with Gasteiger partial charge in [-0.25, -0.2) is 0 Å². The van der Waals surface area contributed by atoms with Gasteiger partial charge in [0.25, 0.3) is 0 Å². The van der Waals surface area contributed by atoms with E-state index in [-0.39, 0.29) is 6.10 Å². The Hall–Kier alpha value is -1.64. The molecule has 0 bridgehead atoms. The van der Waals surface area contributed by atoms with Crippen LogP contribution in [0.15, 0.2) is 54.1 Å². The Morgan fingerprint density at radius 1 is 1.24 bits per heavy atom. The predicted molar refractivity (Wildman–Crippen MR) is 85.8 cm³/mol. The second-order valence-corrected chi connectivity index (χ2v) is 6.18. The Bertz CT molecular complexity index is 628. The summed E-state index contributed by atoms with van der Waals surface area (Å²) in [6.07, 6.45) is 12.9. The van der Waals surface area contributed by atoms with Gasteiger partial charge in [-0.1, -0.05) is 54.6 Å². The van der Waals surface area contributed by atoms with Gasteiger partial charge < -0.3 is 10.1 Å². The Morgan fingerprint density at radius 2 is 2.14 bits per heavy atom. The Balaban J connectivity index is 1.79. The first-order valence-electron chi connectivity index (χ1n) is 7.82. The van der Waals surface area contributed by atoms with Crippen LogP contribution in [0.3, 0.4) is 0 Å². The maximum atomic E-state index is 6.41. The van der Waals surface area contributed by atoms with Gasteiger partial charge in [-0.3, -0.25) is 0 Å². The summed E-state index contributed by atoms with van der Waals surface area (Å²) in [5.74, 6) is 1.02. The molecule has 1 aromatic rings. The van der Waals surface area contributed by atoms with Crippen LogP contribution in [0.4, 0.5) is 0 Å². The molecule has 2 nitrogen and oxygen atoms in total. The lowest BCUT2D eigenvalue weighted by molar-refractivity contribution is 0.0320. The Labute approximate surface area is 126 Å². The number of allylic oxidation sites excluding steroid dienone is 5. The van der Waals surface area contributed by atoms with Crippen LogP contribution < -0.4 is 5.32 Å². The minimum Gasteiger partial charge on any atom is -0.369 e. The molecule has 1 heterocycles. The second-order valence-electron chi connectivity index (χ2n) is 6.18. The maximum absolute atomic E-state index is 6.41. The fraction of sp³-hybridized carbons (Fsp3) is 0.368. The standard InChI is InChI=1S/C19H21NO/c1-20-12-15-11-18-16-8-4-2-6-13(16)10-14-7-3-5-9-17(14)19(18)21-15/h2-10,15-16,18-20H,11-12H2,1H3. The van der Waals surface area contributed by atoms with E-state index in [1.54, 1.807) is 0 Å². The third kappa shape index (κ3) is 2.19. The number of ether oxygens (including phenoxy) is 1. The van der Waals surface area contributed by atoms with Crippen LogP contribution in [0.5, 0.6) is 0 Å². The third-order valence-electron chi connectivity index (χ3n) is 4.88. The zero-order valence-corrected chi connectivity index (χ0v) is 12.3. The van der Waals surface area contributed by atoms with E-state index in [0.717, 1.165) is 13.0 Å². The quantitative estimate of drug-likeness (QED) is 0.894. The van der Waals surface area contributed by atoms with E-state index in [0.29, 0.717) is 17.9 Å². The summed E-state index contributed by atoms with van der Waals surface area (Å²) < 4.78 is 6.41. The molecule has 1 aliphatic heterocycles. The molecule has 108 valence electrons. The summed E-state index contributed by atoms with van der Waals surface area (Å²) in [7, 11) is 2.00. The number of rotatable bonds is 2. The van der Waals surface area contributed by atoms with E-state index in [1.807, 2.05) is 7.05 Å². The minimum atomic E-state index is 0.217. The molecule has 1 aromatic carbocycles. The van der Waals surface area contributed by atoms with Crippen molar-refractivity contribution >= 4 is 6.08 Å². The highest BCUT2D eigenvalue weighted by Gasteiger charge is 2.42. The number of likely N-dealkylation sites (N-methyl/N-ethyl adjacent to an activating group) is 1. The van der Waals surface area contributed by atoms with E-state index in [9.17, 15) is 0 Å². The van der Waals surface area contributed by atoms with Crippen LogP contribution in [0.2, 0.25) is 0 Å². The summed E-state index contributed by atoms with van der Waals surface area (Å²) in [6, 6.07) is 8.69. The first-order chi connectivity index (χ1) is 10.4. The highest BCUT2D eigenvalue weighted by atomic mass is 16.5. The van der Waals surface area contributed by atoms with Gasteiger partial charge in [0.05, 0.1) is 12.2 Å². The number of hydrogen-bond donors (Lipinski definition) is 1. The van der Waals surface area contributed by atoms with Crippen molar-refractivity contribution in [2.75, 3.05) is 13.6 Å². The van der Waals surface area contributed by atoms with Crippen molar-refractivity contribution < 1.29 is 4.74 Å². The topological polar surface area (TPSA) is 21.3 Å². The van der Waals surface area contributed by atoms with E-state index < -0.39 is 0 Å². The molecule has 0 aromatic heterocycles. The molecule has 2 heteroatoms. The highest BCUT2D eigenvalue weighted by molar-refractivity contribution is 5.63. The number of benzene rings is 1. The van der Waals surface area contributed by atoms with E-state index in [2.05, 4.69) is 60.0 Å². The molecule has 1 saturated heterocycles. The van der Waals surface area contributed by atoms with Gasteiger partial charge in [-0.15, -0.1) is 0 Å². The van der Waals surface area contributed by atoms with Crippen molar-refractivity contribution in [3.05, 3.63) is 65.3 Å². The molecule has 4 rings (SSSR count). The lowest BCUT2D eigenvalue weighted by Gasteiger charge is -2.25. The largest absolute Gasteiger partial charge is 0.369 e. The fourth-order valence-electron chi connectivity index (χ4n) is 3.98. The lowest BCUT2D eigenvalue weighted by atomic mass is 9.79. The van der Waals surface area contributed by atoms with Gasteiger partial charge in [0, 0.05) is 18.4 Å². The van der Waals surface area contributed by atoms with Gasteiger partial charge in [0.2, 0.25) is 0 Å². The van der Waals surface area contributed by atoms with Gasteiger partial charge in [-0.05, 0) is 30.2 Å². The smallest absolute Gasteiger partial charge is 0.0873 e. The Morgan fingerprint density at radius 3 is 3.05 bits per heavy atom. The molecule has 0 amide bonds. The summed E-state index contributed by atoms with van der Waals surface area (Å²) in [4.78, 5) is 0. The van der Waals surface area contributed by atoms with Gasteiger partial charge >= 0.3 is 0 Å². The molecular weight excluding hydrogens is 258 g/mol. The average molecular weight is 279 g/mol. The summed E-state index contributed by atoms with van der Waals surface area (Å²) in [5.41, 5.74) is 4.09. The summed E-state index contributed by atoms with van der Waals surface area (Å²) >= 11 is 0.